The molecule has 0 aliphatic rings. The third-order valence-corrected chi connectivity index (χ3v) is 4.13. The minimum atomic E-state index is 0.494. The minimum absolute atomic E-state index is 0.494. The zero-order valence-corrected chi connectivity index (χ0v) is 13.4. The summed E-state index contributed by atoms with van der Waals surface area (Å²) >= 11 is 7.31. The normalized spacial score (nSPS) is 10.6. The van der Waals surface area contributed by atoms with Crippen LogP contribution in [0.25, 0.3) is 11.4 Å². The van der Waals surface area contributed by atoms with Crippen molar-refractivity contribution in [2.24, 2.45) is 0 Å². The predicted octanol–water partition coefficient (Wildman–Crippen LogP) is 3.82. The fourth-order valence-electron chi connectivity index (χ4n) is 1.83. The molecule has 0 radical (unpaired) electrons. The molecule has 0 unspecified atom stereocenters. The van der Waals surface area contributed by atoms with Crippen LogP contribution in [0.15, 0.2) is 47.8 Å². The van der Waals surface area contributed by atoms with Crippen LogP contribution >= 0.6 is 23.4 Å². The molecule has 7 heteroatoms. The van der Waals surface area contributed by atoms with E-state index in [-0.39, 0.29) is 0 Å². The number of benzene rings is 1. The molecule has 3 rings (SSSR count). The van der Waals surface area contributed by atoms with Gasteiger partial charge in [0.1, 0.15) is 10.9 Å². The van der Waals surface area contributed by atoms with Gasteiger partial charge < -0.3 is 4.74 Å². The van der Waals surface area contributed by atoms with Gasteiger partial charge in [0.05, 0.1) is 7.11 Å². The Bertz CT molecular complexity index is 743. The van der Waals surface area contributed by atoms with E-state index in [4.69, 9.17) is 16.3 Å². The second-order valence-electron chi connectivity index (χ2n) is 4.47. The fraction of sp³-hybridized carbons (Fsp3) is 0.133. The lowest BCUT2D eigenvalue weighted by molar-refractivity contribution is 0.415. The van der Waals surface area contributed by atoms with E-state index in [0.717, 1.165) is 28.5 Å². The summed E-state index contributed by atoms with van der Waals surface area (Å²) in [5.41, 5.74) is 2.04. The number of hydrogen-bond acceptors (Lipinski definition) is 5. The van der Waals surface area contributed by atoms with E-state index in [1.165, 1.54) is 0 Å². The van der Waals surface area contributed by atoms with Crippen molar-refractivity contribution in [1.29, 1.82) is 0 Å². The van der Waals surface area contributed by atoms with Crippen molar-refractivity contribution < 1.29 is 4.74 Å². The van der Waals surface area contributed by atoms with Crippen molar-refractivity contribution in [3.8, 4) is 17.1 Å². The van der Waals surface area contributed by atoms with E-state index in [0.29, 0.717) is 10.3 Å². The van der Waals surface area contributed by atoms with Gasteiger partial charge in [-0.05, 0) is 35.9 Å². The Morgan fingerprint density at radius 1 is 1.18 bits per heavy atom. The van der Waals surface area contributed by atoms with Crippen LogP contribution in [-0.4, -0.2) is 27.3 Å². The van der Waals surface area contributed by atoms with E-state index < -0.39 is 0 Å². The van der Waals surface area contributed by atoms with Crippen LogP contribution < -0.4 is 4.74 Å². The van der Waals surface area contributed by atoms with Gasteiger partial charge in [-0.15, -0.1) is 5.10 Å². The lowest BCUT2D eigenvalue weighted by Gasteiger charge is -2.00. The van der Waals surface area contributed by atoms with Gasteiger partial charge in [-0.25, -0.2) is 9.97 Å². The first kappa shape index (κ1) is 14.9. The van der Waals surface area contributed by atoms with Crippen LogP contribution in [0.1, 0.15) is 5.56 Å². The first-order valence-electron chi connectivity index (χ1n) is 6.54. The van der Waals surface area contributed by atoms with Gasteiger partial charge >= 0.3 is 0 Å². The number of methoxy groups -OCH3 is 1. The molecule has 22 heavy (non-hydrogen) atoms. The maximum absolute atomic E-state index is 5.77. The highest BCUT2D eigenvalue weighted by molar-refractivity contribution is 7.98. The lowest BCUT2D eigenvalue weighted by atomic mass is 10.2. The quantitative estimate of drug-likeness (QED) is 0.568. The SMILES string of the molecule is COc1ccc(-c2nc(SCc3ccc(Cl)nc3)n[nH]2)cc1. The van der Waals surface area contributed by atoms with Crippen LogP contribution in [0, 0.1) is 0 Å². The largest absolute Gasteiger partial charge is 0.497 e. The number of rotatable bonds is 5. The van der Waals surface area contributed by atoms with Gasteiger partial charge in [-0.2, -0.15) is 0 Å². The number of ether oxygens (including phenoxy) is 1. The van der Waals surface area contributed by atoms with E-state index >= 15 is 0 Å². The maximum Gasteiger partial charge on any atom is 0.209 e. The maximum atomic E-state index is 5.77. The molecule has 0 bridgehead atoms. The standard InChI is InChI=1S/C15H13ClN4OS/c1-21-12-5-3-11(4-6-12)14-18-15(20-19-14)22-9-10-2-7-13(16)17-8-10/h2-8H,9H2,1H3,(H,18,19,20). The first-order chi connectivity index (χ1) is 10.7. The molecule has 2 heterocycles. The highest BCUT2D eigenvalue weighted by atomic mass is 35.5. The minimum Gasteiger partial charge on any atom is -0.497 e. The first-order valence-corrected chi connectivity index (χ1v) is 7.91. The molecule has 0 fully saturated rings. The number of hydrogen-bond donors (Lipinski definition) is 1. The van der Waals surface area contributed by atoms with Crippen LogP contribution in [-0.2, 0) is 5.75 Å². The molecule has 2 aromatic heterocycles. The molecule has 0 saturated heterocycles. The zero-order valence-electron chi connectivity index (χ0n) is 11.8. The van der Waals surface area contributed by atoms with E-state index in [1.807, 2.05) is 30.3 Å². The Morgan fingerprint density at radius 2 is 2.00 bits per heavy atom. The average molecular weight is 333 g/mol. The molecule has 1 aromatic carbocycles. The highest BCUT2D eigenvalue weighted by Gasteiger charge is 2.07. The number of aromatic nitrogens is 4. The number of nitrogens with one attached hydrogen (secondary N) is 1. The lowest BCUT2D eigenvalue weighted by Crippen LogP contribution is -1.85. The summed E-state index contributed by atoms with van der Waals surface area (Å²) in [6, 6.07) is 11.4. The predicted molar refractivity (Wildman–Crippen MR) is 87.2 cm³/mol. The van der Waals surface area contributed by atoms with Crippen LogP contribution in [0.4, 0.5) is 0 Å². The molecule has 0 aliphatic carbocycles. The van der Waals surface area contributed by atoms with Gasteiger partial charge in [0.15, 0.2) is 5.82 Å². The summed E-state index contributed by atoms with van der Waals surface area (Å²) in [6.07, 6.45) is 1.76. The Morgan fingerprint density at radius 3 is 2.68 bits per heavy atom. The molecule has 5 nitrogen and oxygen atoms in total. The summed E-state index contributed by atoms with van der Waals surface area (Å²) in [6.45, 7) is 0. The van der Waals surface area contributed by atoms with E-state index in [2.05, 4.69) is 20.2 Å². The van der Waals surface area contributed by atoms with Gasteiger partial charge in [0.25, 0.3) is 0 Å². The molecule has 0 amide bonds. The second kappa shape index (κ2) is 6.81. The molecule has 0 aliphatic heterocycles. The monoisotopic (exact) mass is 332 g/mol. The Balaban J connectivity index is 1.66. The molecule has 0 atom stereocenters. The molecule has 0 saturated carbocycles. The number of nitrogens with zero attached hydrogens (tertiary/aromatic N) is 3. The van der Waals surface area contributed by atoms with Crippen molar-refractivity contribution in [2.75, 3.05) is 7.11 Å². The van der Waals surface area contributed by atoms with E-state index in [1.54, 1.807) is 31.1 Å². The number of aromatic amines is 1. The number of H-pyrrole nitrogens is 1. The van der Waals surface area contributed by atoms with Crippen molar-refractivity contribution >= 4 is 23.4 Å². The molecular formula is C15H13ClN4OS. The fourth-order valence-corrected chi connectivity index (χ4v) is 2.67. The van der Waals surface area contributed by atoms with Crippen molar-refractivity contribution in [1.82, 2.24) is 20.2 Å². The van der Waals surface area contributed by atoms with Gasteiger partial charge in [-0.3, -0.25) is 5.10 Å². The summed E-state index contributed by atoms with van der Waals surface area (Å²) < 4.78 is 5.14. The van der Waals surface area contributed by atoms with Crippen LogP contribution in [0.2, 0.25) is 5.15 Å². The second-order valence-corrected chi connectivity index (χ2v) is 5.80. The third-order valence-electron chi connectivity index (χ3n) is 2.98. The van der Waals surface area contributed by atoms with E-state index in [9.17, 15) is 0 Å². The Kier molecular flexibility index (Phi) is 4.60. The van der Waals surface area contributed by atoms with Gasteiger partial charge in [0.2, 0.25) is 5.16 Å². The molecular weight excluding hydrogens is 320 g/mol. The zero-order chi connectivity index (χ0) is 15.4. The molecule has 3 aromatic rings. The summed E-state index contributed by atoms with van der Waals surface area (Å²) in [5.74, 6) is 2.29. The van der Waals surface area contributed by atoms with Crippen LogP contribution in [0.3, 0.4) is 0 Å². The number of pyridine rings is 1. The number of thioether (sulfide) groups is 1. The topological polar surface area (TPSA) is 63.7 Å². The summed E-state index contributed by atoms with van der Waals surface area (Å²) in [5, 5.41) is 8.35. The Labute approximate surface area is 137 Å². The average Bonchev–Trinajstić information content (AvgIpc) is 3.03. The Hall–Kier alpha value is -2.05. The number of halogens is 1. The van der Waals surface area contributed by atoms with Crippen molar-refractivity contribution in [2.45, 2.75) is 10.9 Å². The summed E-state index contributed by atoms with van der Waals surface area (Å²) in [7, 11) is 1.64. The van der Waals surface area contributed by atoms with Gasteiger partial charge in [0, 0.05) is 17.5 Å². The van der Waals surface area contributed by atoms with Crippen LogP contribution in [0.5, 0.6) is 5.75 Å². The highest BCUT2D eigenvalue weighted by Crippen LogP contribution is 2.23. The van der Waals surface area contributed by atoms with Crippen molar-refractivity contribution in [3.63, 3.8) is 0 Å². The third kappa shape index (κ3) is 3.58. The van der Waals surface area contributed by atoms with Crippen molar-refractivity contribution in [3.05, 3.63) is 53.3 Å². The summed E-state index contributed by atoms with van der Waals surface area (Å²) in [4.78, 5) is 8.53. The molecule has 1 N–H and O–H groups in total. The molecule has 0 spiro atoms. The van der Waals surface area contributed by atoms with Gasteiger partial charge in [-0.1, -0.05) is 29.4 Å². The molecule has 112 valence electrons. The smallest absolute Gasteiger partial charge is 0.209 e.